The normalized spacial score (nSPS) is 16.8. The molecule has 1 aliphatic rings. The van der Waals surface area contributed by atoms with Gasteiger partial charge in [-0.3, -0.25) is 0 Å². The van der Waals surface area contributed by atoms with Crippen molar-refractivity contribution in [1.82, 2.24) is 4.98 Å². The maximum atomic E-state index is 6.09. The lowest BCUT2D eigenvalue weighted by Gasteiger charge is -2.28. The molecule has 1 aromatic heterocycles. The van der Waals surface area contributed by atoms with E-state index in [0.29, 0.717) is 15.9 Å². The predicted octanol–water partition coefficient (Wildman–Crippen LogP) is 2.96. The Hall–Kier alpha value is -0.670. The molecule has 0 radical (unpaired) electrons. The summed E-state index contributed by atoms with van der Waals surface area (Å²) in [5.41, 5.74) is 5.67. The molecule has 82 valence electrons. The third kappa shape index (κ3) is 2.29. The van der Waals surface area contributed by atoms with E-state index < -0.39 is 0 Å². The van der Waals surface area contributed by atoms with Gasteiger partial charge in [0.05, 0.1) is 10.0 Å². The Morgan fingerprint density at radius 3 is 2.47 bits per heavy atom. The van der Waals surface area contributed by atoms with Crippen molar-refractivity contribution in [3.05, 3.63) is 16.1 Å². The fourth-order valence-corrected chi connectivity index (χ4v) is 2.28. The molecule has 0 amide bonds. The van der Waals surface area contributed by atoms with Crippen molar-refractivity contribution in [1.29, 1.82) is 0 Å². The summed E-state index contributed by atoms with van der Waals surface area (Å²) >= 11 is 11.9. The van der Waals surface area contributed by atoms with E-state index in [1.54, 1.807) is 6.07 Å². The summed E-state index contributed by atoms with van der Waals surface area (Å²) in [6, 6.07) is 1.66. The molecule has 1 aromatic rings. The van der Waals surface area contributed by atoms with Crippen LogP contribution in [0.3, 0.4) is 0 Å². The quantitative estimate of drug-likeness (QED) is 0.828. The van der Waals surface area contributed by atoms with Gasteiger partial charge in [0, 0.05) is 13.1 Å². The van der Waals surface area contributed by atoms with Gasteiger partial charge in [0.15, 0.2) is 0 Å². The third-order valence-electron chi connectivity index (χ3n) is 2.59. The molecule has 3 nitrogen and oxygen atoms in total. The van der Waals surface area contributed by atoms with Crippen LogP contribution in [0.2, 0.25) is 10.0 Å². The fraction of sp³-hybridized carbons (Fsp3) is 0.500. The lowest BCUT2D eigenvalue weighted by atomic mass is 10.1. The van der Waals surface area contributed by atoms with Crippen LogP contribution in [-0.4, -0.2) is 18.1 Å². The zero-order valence-corrected chi connectivity index (χ0v) is 9.85. The van der Waals surface area contributed by atoms with Gasteiger partial charge in [0.25, 0.3) is 0 Å². The molecule has 0 aliphatic carbocycles. The molecule has 5 heteroatoms. The van der Waals surface area contributed by atoms with Crippen molar-refractivity contribution >= 4 is 34.8 Å². The van der Waals surface area contributed by atoms with Crippen LogP contribution in [0.15, 0.2) is 6.07 Å². The van der Waals surface area contributed by atoms with Crippen molar-refractivity contribution < 1.29 is 0 Å². The first-order chi connectivity index (χ1) is 7.18. The lowest BCUT2D eigenvalue weighted by molar-refractivity contribution is 0.574. The second-order valence-corrected chi connectivity index (χ2v) is 4.52. The standard InChI is InChI=1S/C10H13Cl2N3/c11-7-6-8(12)10(14-9(7)13)15-4-2-1-3-5-15/h6H,1-5H2,(H2,13,14). The minimum absolute atomic E-state index is 0.349. The molecule has 1 aliphatic heterocycles. The number of hydrogen-bond acceptors (Lipinski definition) is 3. The average Bonchev–Trinajstić information content (AvgIpc) is 2.25. The van der Waals surface area contributed by atoms with Gasteiger partial charge in [-0.05, 0) is 25.3 Å². The van der Waals surface area contributed by atoms with E-state index in [2.05, 4.69) is 9.88 Å². The van der Waals surface area contributed by atoms with Crippen LogP contribution in [0.1, 0.15) is 19.3 Å². The Morgan fingerprint density at radius 1 is 1.13 bits per heavy atom. The van der Waals surface area contributed by atoms with E-state index in [-0.39, 0.29) is 0 Å². The van der Waals surface area contributed by atoms with Crippen molar-refractivity contribution in [3.63, 3.8) is 0 Å². The Bertz CT molecular complexity index is 362. The second kappa shape index (κ2) is 4.45. The summed E-state index contributed by atoms with van der Waals surface area (Å²) < 4.78 is 0. The summed E-state index contributed by atoms with van der Waals surface area (Å²) in [7, 11) is 0. The minimum atomic E-state index is 0.349. The van der Waals surface area contributed by atoms with Gasteiger partial charge < -0.3 is 10.6 Å². The molecule has 0 spiro atoms. The third-order valence-corrected chi connectivity index (χ3v) is 3.17. The molecular weight excluding hydrogens is 233 g/mol. The Kier molecular flexibility index (Phi) is 3.22. The summed E-state index contributed by atoms with van der Waals surface area (Å²) in [5.74, 6) is 1.11. The molecule has 0 bridgehead atoms. The number of anilines is 2. The average molecular weight is 246 g/mol. The zero-order chi connectivity index (χ0) is 10.8. The van der Waals surface area contributed by atoms with Crippen molar-refractivity contribution in [2.24, 2.45) is 0 Å². The van der Waals surface area contributed by atoms with E-state index >= 15 is 0 Å². The van der Waals surface area contributed by atoms with E-state index in [4.69, 9.17) is 28.9 Å². The first kappa shape index (κ1) is 10.8. The summed E-state index contributed by atoms with van der Waals surface area (Å²) in [5, 5.41) is 0.997. The summed E-state index contributed by atoms with van der Waals surface area (Å²) in [6.45, 7) is 1.99. The number of nitrogen functional groups attached to an aromatic ring is 1. The van der Waals surface area contributed by atoms with Gasteiger partial charge in [-0.2, -0.15) is 0 Å². The largest absolute Gasteiger partial charge is 0.382 e. The number of piperidine rings is 1. The highest BCUT2D eigenvalue weighted by atomic mass is 35.5. The van der Waals surface area contributed by atoms with E-state index in [0.717, 1.165) is 18.9 Å². The topological polar surface area (TPSA) is 42.1 Å². The van der Waals surface area contributed by atoms with Gasteiger partial charge >= 0.3 is 0 Å². The number of pyridine rings is 1. The van der Waals surface area contributed by atoms with Crippen LogP contribution >= 0.6 is 23.2 Å². The van der Waals surface area contributed by atoms with Gasteiger partial charge in [-0.1, -0.05) is 23.2 Å². The highest BCUT2D eigenvalue weighted by molar-refractivity contribution is 6.37. The molecular formula is C10H13Cl2N3. The Balaban J connectivity index is 2.30. The zero-order valence-electron chi connectivity index (χ0n) is 8.34. The lowest BCUT2D eigenvalue weighted by Crippen LogP contribution is -2.30. The summed E-state index contributed by atoms with van der Waals surface area (Å²) in [4.78, 5) is 6.40. The van der Waals surface area contributed by atoms with Crippen LogP contribution in [0, 0.1) is 0 Å². The molecule has 15 heavy (non-hydrogen) atoms. The molecule has 0 aromatic carbocycles. The number of aromatic nitrogens is 1. The van der Waals surface area contributed by atoms with Crippen molar-refractivity contribution in [2.75, 3.05) is 23.7 Å². The van der Waals surface area contributed by atoms with E-state index in [1.807, 2.05) is 0 Å². The minimum Gasteiger partial charge on any atom is -0.382 e. The molecule has 1 saturated heterocycles. The van der Waals surface area contributed by atoms with Crippen molar-refractivity contribution in [2.45, 2.75) is 19.3 Å². The Labute approximate surface area is 99.2 Å². The van der Waals surface area contributed by atoms with Gasteiger partial charge in [-0.25, -0.2) is 4.98 Å². The number of hydrogen-bond donors (Lipinski definition) is 1. The number of nitrogens with zero attached hydrogens (tertiary/aromatic N) is 2. The van der Waals surface area contributed by atoms with Crippen LogP contribution in [0.25, 0.3) is 0 Å². The number of rotatable bonds is 1. The van der Waals surface area contributed by atoms with Gasteiger partial charge in [0.2, 0.25) is 0 Å². The second-order valence-electron chi connectivity index (χ2n) is 3.71. The fourth-order valence-electron chi connectivity index (χ4n) is 1.80. The van der Waals surface area contributed by atoms with Gasteiger partial charge in [0.1, 0.15) is 11.6 Å². The molecule has 0 unspecified atom stereocenters. The van der Waals surface area contributed by atoms with E-state index in [1.165, 1.54) is 19.3 Å². The monoisotopic (exact) mass is 245 g/mol. The van der Waals surface area contributed by atoms with Crippen LogP contribution < -0.4 is 10.6 Å². The number of halogens is 2. The number of nitrogens with two attached hydrogens (primary N) is 1. The highest BCUT2D eigenvalue weighted by Gasteiger charge is 2.16. The van der Waals surface area contributed by atoms with Crippen LogP contribution in [-0.2, 0) is 0 Å². The first-order valence-corrected chi connectivity index (χ1v) is 5.80. The molecule has 2 N–H and O–H groups in total. The molecule has 1 fully saturated rings. The molecule has 2 heterocycles. The highest BCUT2D eigenvalue weighted by Crippen LogP contribution is 2.31. The van der Waals surface area contributed by atoms with Gasteiger partial charge in [-0.15, -0.1) is 0 Å². The predicted molar refractivity (Wildman–Crippen MR) is 64.7 cm³/mol. The van der Waals surface area contributed by atoms with Crippen LogP contribution in [0.4, 0.5) is 11.6 Å². The maximum Gasteiger partial charge on any atom is 0.149 e. The first-order valence-electron chi connectivity index (χ1n) is 5.05. The van der Waals surface area contributed by atoms with Crippen molar-refractivity contribution in [3.8, 4) is 0 Å². The van der Waals surface area contributed by atoms with E-state index in [9.17, 15) is 0 Å². The summed E-state index contributed by atoms with van der Waals surface area (Å²) in [6.07, 6.45) is 3.64. The molecule has 2 rings (SSSR count). The van der Waals surface area contributed by atoms with Crippen LogP contribution in [0.5, 0.6) is 0 Å². The SMILES string of the molecule is Nc1nc(N2CCCCC2)c(Cl)cc1Cl. The smallest absolute Gasteiger partial charge is 0.149 e. The molecule has 0 saturated carbocycles. The maximum absolute atomic E-state index is 6.09. The Morgan fingerprint density at radius 2 is 1.80 bits per heavy atom. The molecule has 0 atom stereocenters.